The zero-order valence-electron chi connectivity index (χ0n) is 9.90. The Morgan fingerprint density at radius 3 is 2.65 bits per heavy atom. The van der Waals surface area contributed by atoms with E-state index in [1.54, 1.807) is 0 Å². The molecular weight excluding hydrogens is 279 g/mol. The third-order valence-corrected chi connectivity index (χ3v) is 3.61. The van der Waals surface area contributed by atoms with E-state index in [1.165, 1.54) is 16.2 Å². The Balaban J connectivity index is 0.00000256. The van der Waals surface area contributed by atoms with Gasteiger partial charge in [-0.25, -0.2) is 0 Å². The summed E-state index contributed by atoms with van der Waals surface area (Å²) >= 11 is 7.34. The summed E-state index contributed by atoms with van der Waals surface area (Å²) < 4.78 is 0.778. The molecular formula is C11H18Cl2N2OS. The SMILES string of the molecule is CC(C)C(N)C(=O)NCCc1ccc(Cl)s1.Cl. The van der Waals surface area contributed by atoms with Crippen LogP contribution in [0.25, 0.3) is 0 Å². The molecule has 1 unspecified atom stereocenters. The van der Waals surface area contributed by atoms with Crippen molar-refractivity contribution in [2.75, 3.05) is 6.54 Å². The minimum absolute atomic E-state index is 0. The standard InChI is InChI=1S/C11H17ClN2OS.ClH/c1-7(2)10(13)11(15)14-6-5-8-3-4-9(12)16-8;/h3-4,7,10H,5-6,13H2,1-2H3,(H,14,15);1H. The molecule has 0 fully saturated rings. The quantitative estimate of drug-likeness (QED) is 0.877. The lowest BCUT2D eigenvalue weighted by molar-refractivity contribution is -0.123. The summed E-state index contributed by atoms with van der Waals surface area (Å²) in [5.74, 6) is 0.0776. The summed E-state index contributed by atoms with van der Waals surface area (Å²) in [5.41, 5.74) is 5.71. The van der Waals surface area contributed by atoms with Crippen LogP contribution in [0.5, 0.6) is 0 Å². The van der Waals surface area contributed by atoms with Crippen molar-refractivity contribution >= 4 is 41.3 Å². The van der Waals surface area contributed by atoms with Gasteiger partial charge >= 0.3 is 0 Å². The van der Waals surface area contributed by atoms with Crippen molar-refractivity contribution in [2.45, 2.75) is 26.3 Å². The monoisotopic (exact) mass is 296 g/mol. The highest BCUT2D eigenvalue weighted by molar-refractivity contribution is 7.16. The fraction of sp³-hybridized carbons (Fsp3) is 0.545. The van der Waals surface area contributed by atoms with Crippen molar-refractivity contribution in [1.82, 2.24) is 5.32 Å². The van der Waals surface area contributed by atoms with Crippen LogP contribution < -0.4 is 11.1 Å². The Morgan fingerprint density at radius 1 is 1.53 bits per heavy atom. The number of carbonyl (C=O) groups is 1. The van der Waals surface area contributed by atoms with Crippen LogP contribution in [0.15, 0.2) is 12.1 Å². The average molecular weight is 297 g/mol. The Kier molecular flexibility index (Phi) is 7.79. The van der Waals surface area contributed by atoms with Crippen LogP contribution in [0, 0.1) is 5.92 Å². The third-order valence-electron chi connectivity index (χ3n) is 2.32. The summed E-state index contributed by atoms with van der Waals surface area (Å²) in [6, 6.07) is 3.41. The first-order valence-corrected chi connectivity index (χ1v) is 6.47. The van der Waals surface area contributed by atoms with Gasteiger partial charge in [-0.05, 0) is 24.5 Å². The molecule has 3 N–H and O–H groups in total. The molecule has 0 radical (unpaired) electrons. The van der Waals surface area contributed by atoms with E-state index >= 15 is 0 Å². The Labute approximate surface area is 117 Å². The topological polar surface area (TPSA) is 55.1 Å². The highest BCUT2D eigenvalue weighted by atomic mass is 35.5. The smallest absolute Gasteiger partial charge is 0.237 e. The van der Waals surface area contributed by atoms with E-state index in [0.717, 1.165) is 10.8 Å². The summed E-state index contributed by atoms with van der Waals surface area (Å²) in [5, 5.41) is 2.82. The fourth-order valence-electron chi connectivity index (χ4n) is 1.22. The number of hydrogen-bond acceptors (Lipinski definition) is 3. The molecule has 1 aromatic rings. The first-order valence-electron chi connectivity index (χ1n) is 5.28. The molecule has 0 aliphatic carbocycles. The van der Waals surface area contributed by atoms with Crippen molar-refractivity contribution in [3.8, 4) is 0 Å². The number of nitrogens with two attached hydrogens (primary N) is 1. The van der Waals surface area contributed by atoms with Gasteiger partial charge < -0.3 is 11.1 Å². The number of carbonyl (C=O) groups excluding carboxylic acids is 1. The maximum Gasteiger partial charge on any atom is 0.237 e. The van der Waals surface area contributed by atoms with Gasteiger partial charge in [-0.1, -0.05) is 25.4 Å². The Hall–Kier alpha value is -0.290. The number of thiophene rings is 1. The van der Waals surface area contributed by atoms with E-state index in [0.29, 0.717) is 6.54 Å². The third kappa shape index (κ3) is 5.73. The zero-order valence-corrected chi connectivity index (χ0v) is 12.3. The van der Waals surface area contributed by atoms with Gasteiger partial charge in [0.25, 0.3) is 0 Å². The van der Waals surface area contributed by atoms with Gasteiger partial charge in [0.15, 0.2) is 0 Å². The molecule has 1 atom stereocenters. The molecule has 1 amide bonds. The molecule has 1 aromatic heterocycles. The van der Waals surface area contributed by atoms with Gasteiger partial charge in [-0.2, -0.15) is 0 Å². The molecule has 3 nitrogen and oxygen atoms in total. The zero-order chi connectivity index (χ0) is 12.1. The van der Waals surface area contributed by atoms with Crippen LogP contribution >= 0.6 is 35.3 Å². The van der Waals surface area contributed by atoms with Gasteiger partial charge in [0, 0.05) is 11.4 Å². The van der Waals surface area contributed by atoms with Crippen LogP contribution in [0.3, 0.4) is 0 Å². The van der Waals surface area contributed by atoms with Crippen LogP contribution in [0.1, 0.15) is 18.7 Å². The second-order valence-corrected chi connectivity index (χ2v) is 5.82. The molecule has 0 spiro atoms. The number of amides is 1. The molecule has 0 bridgehead atoms. The summed E-state index contributed by atoms with van der Waals surface area (Å²) in [4.78, 5) is 12.7. The van der Waals surface area contributed by atoms with Crippen LogP contribution in [0.4, 0.5) is 0 Å². The molecule has 1 heterocycles. The number of rotatable bonds is 5. The molecule has 0 saturated carbocycles. The summed E-state index contributed by atoms with van der Waals surface area (Å²) in [6.07, 6.45) is 0.800. The van der Waals surface area contributed by atoms with Gasteiger partial charge in [0.05, 0.1) is 10.4 Å². The maximum absolute atomic E-state index is 11.5. The van der Waals surface area contributed by atoms with E-state index in [2.05, 4.69) is 5.32 Å². The lowest BCUT2D eigenvalue weighted by atomic mass is 10.1. The number of halogens is 2. The van der Waals surface area contributed by atoms with Crippen molar-refractivity contribution in [2.24, 2.45) is 11.7 Å². The van der Waals surface area contributed by atoms with E-state index < -0.39 is 6.04 Å². The predicted molar refractivity (Wildman–Crippen MR) is 76.1 cm³/mol. The maximum atomic E-state index is 11.5. The molecule has 0 aliphatic rings. The lowest BCUT2D eigenvalue weighted by Gasteiger charge is -2.14. The van der Waals surface area contributed by atoms with Crippen LogP contribution in [-0.4, -0.2) is 18.5 Å². The van der Waals surface area contributed by atoms with Gasteiger partial charge in [-0.3, -0.25) is 4.79 Å². The number of hydrogen-bond donors (Lipinski definition) is 2. The minimum atomic E-state index is -0.424. The van der Waals surface area contributed by atoms with Crippen molar-refractivity contribution in [3.63, 3.8) is 0 Å². The van der Waals surface area contributed by atoms with Crippen LogP contribution in [-0.2, 0) is 11.2 Å². The van der Waals surface area contributed by atoms with E-state index in [1.807, 2.05) is 26.0 Å². The largest absolute Gasteiger partial charge is 0.354 e. The van der Waals surface area contributed by atoms with Crippen LogP contribution in [0.2, 0.25) is 4.34 Å². The van der Waals surface area contributed by atoms with E-state index in [9.17, 15) is 4.79 Å². The second-order valence-electron chi connectivity index (χ2n) is 4.02. The predicted octanol–water partition coefficient (Wildman–Crippen LogP) is 2.47. The first-order chi connectivity index (χ1) is 7.50. The van der Waals surface area contributed by atoms with Crippen molar-refractivity contribution < 1.29 is 4.79 Å². The lowest BCUT2D eigenvalue weighted by Crippen LogP contribution is -2.44. The first kappa shape index (κ1) is 16.7. The molecule has 0 aromatic carbocycles. The highest BCUT2D eigenvalue weighted by Crippen LogP contribution is 2.21. The van der Waals surface area contributed by atoms with E-state index in [-0.39, 0.29) is 24.2 Å². The molecule has 6 heteroatoms. The number of nitrogens with one attached hydrogen (secondary N) is 1. The Bertz CT molecular complexity index is 355. The average Bonchev–Trinajstić information content (AvgIpc) is 2.62. The normalized spacial score (nSPS) is 12.1. The van der Waals surface area contributed by atoms with Gasteiger partial charge in [0.1, 0.15) is 0 Å². The summed E-state index contributed by atoms with van der Waals surface area (Å²) in [7, 11) is 0. The molecule has 98 valence electrons. The summed E-state index contributed by atoms with van der Waals surface area (Å²) in [6.45, 7) is 4.47. The molecule has 17 heavy (non-hydrogen) atoms. The molecule has 0 aliphatic heterocycles. The van der Waals surface area contributed by atoms with Gasteiger partial charge in [0.2, 0.25) is 5.91 Å². The van der Waals surface area contributed by atoms with E-state index in [4.69, 9.17) is 17.3 Å². The minimum Gasteiger partial charge on any atom is -0.354 e. The highest BCUT2D eigenvalue weighted by Gasteiger charge is 2.16. The van der Waals surface area contributed by atoms with Gasteiger partial charge in [-0.15, -0.1) is 23.7 Å². The van der Waals surface area contributed by atoms with Crippen molar-refractivity contribution in [3.05, 3.63) is 21.3 Å². The molecule has 0 saturated heterocycles. The second kappa shape index (κ2) is 7.93. The fourth-order valence-corrected chi connectivity index (χ4v) is 2.30. The Morgan fingerprint density at radius 2 is 2.18 bits per heavy atom. The molecule has 1 rings (SSSR count). The van der Waals surface area contributed by atoms with Crippen molar-refractivity contribution in [1.29, 1.82) is 0 Å².